The lowest BCUT2D eigenvalue weighted by atomic mass is 10.0. The topological polar surface area (TPSA) is 72.0 Å². The molecule has 0 bridgehead atoms. The van der Waals surface area contributed by atoms with Gasteiger partial charge in [0.05, 0.1) is 12.8 Å². The summed E-state index contributed by atoms with van der Waals surface area (Å²) in [5.41, 5.74) is 1.33. The second kappa shape index (κ2) is 5.90. The van der Waals surface area contributed by atoms with Crippen LogP contribution in [0.4, 0.5) is 4.39 Å². The smallest absolute Gasteiger partial charge is 0.339 e. The molecule has 0 saturated carbocycles. The Kier molecular flexibility index (Phi) is 3.57. The Bertz CT molecular complexity index is 1050. The number of rotatable bonds is 4. The number of aromatic carboxylic acids is 1. The van der Waals surface area contributed by atoms with Crippen molar-refractivity contribution in [2.24, 2.45) is 4.99 Å². The van der Waals surface area contributed by atoms with Crippen molar-refractivity contribution in [2.45, 2.75) is 0 Å². The minimum absolute atomic E-state index is 0.0577. The first-order chi connectivity index (χ1) is 12.1. The molecule has 3 aromatic rings. The number of nitrogens with zero attached hydrogens (tertiary/aromatic N) is 1. The average Bonchev–Trinajstić information content (AvgIpc) is 3.23. The van der Waals surface area contributed by atoms with Crippen LogP contribution >= 0.6 is 0 Å². The van der Waals surface area contributed by atoms with Crippen LogP contribution < -0.4 is 4.74 Å². The maximum absolute atomic E-state index is 13.7. The highest BCUT2D eigenvalue weighted by molar-refractivity contribution is 6.20. The van der Waals surface area contributed by atoms with Crippen molar-refractivity contribution in [1.82, 2.24) is 0 Å². The lowest BCUT2D eigenvalue weighted by molar-refractivity contribution is 0.0694. The van der Waals surface area contributed by atoms with Crippen molar-refractivity contribution in [3.63, 3.8) is 0 Å². The van der Waals surface area contributed by atoms with E-state index in [0.29, 0.717) is 22.5 Å². The summed E-state index contributed by atoms with van der Waals surface area (Å²) in [5.74, 6) is -1.14. The van der Waals surface area contributed by atoms with E-state index in [1.165, 1.54) is 12.1 Å². The van der Waals surface area contributed by atoms with E-state index in [-0.39, 0.29) is 17.9 Å². The van der Waals surface area contributed by atoms with E-state index in [2.05, 4.69) is 4.99 Å². The molecule has 2 heterocycles. The lowest BCUT2D eigenvalue weighted by Crippen LogP contribution is -2.02. The summed E-state index contributed by atoms with van der Waals surface area (Å²) in [6, 6.07) is 11.6. The fourth-order valence-electron chi connectivity index (χ4n) is 2.70. The highest BCUT2D eigenvalue weighted by Crippen LogP contribution is 2.31. The third-order valence-corrected chi connectivity index (χ3v) is 3.92. The molecule has 0 saturated heterocycles. The summed E-state index contributed by atoms with van der Waals surface area (Å²) in [5, 5.41) is 10.4. The molecule has 0 unspecified atom stereocenters. The number of fused-ring (bicyclic) bond motifs is 1. The van der Waals surface area contributed by atoms with E-state index < -0.39 is 11.9 Å². The Labute approximate surface area is 141 Å². The van der Waals surface area contributed by atoms with E-state index >= 15 is 0 Å². The molecule has 1 aliphatic rings. The Morgan fingerprint density at radius 3 is 2.84 bits per heavy atom. The van der Waals surface area contributed by atoms with Crippen LogP contribution in [0.25, 0.3) is 16.5 Å². The van der Waals surface area contributed by atoms with E-state index in [4.69, 9.17) is 9.15 Å². The number of carboxylic acids is 1. The zero-order valence-corrected chi connectivity index (χ0v) is 12.9. The number of benzene rings is 2. The number of furan rings is 1. The SMILES string of the molecule is O=C(O)c1cc(C2=CCN=C2F)ccc1Oc1ccc2ccoc2c1. The number of allylic oxidation sites excluding steroid dienone is 1. The first-order valence-electron chi connectivity index (χ1n) is 7.55. The molecule has 0 aliphatic carbocycles. The van der Waals surface area contributed by atoms with Gasteiger partial charge >= 0.3 is 5.97 Å². The molecule has 1 N–H and O–H groups in total. The first-order valence-corrected chi connectivity index (χ1v) is 7.55. The molecule has 25 heavy (non-hydrogen) atoms. The van der Waals surface area contributed by atoms with Crippen molar-refractivity contribution < 1.29 is 23.4 Å². The van der Waals surface area contributed by atoms with Crippen molar-refractivity contribution in [1.29, 1.82) is 0 Å². The molecule has 6 heteroatoms. The molecular weight excluding hydrogens is 325 g/mol. The average molecular weight is 337 g/mol. The fourth-order valence-corrected chi connectivity index (χ4v) is 2.70. The molecule has 0 radical (unpaired) electrons. The molecule has 0 atom stereocenters. The molecule has 124 valence electrons. The standard InChI is InChI=1S/C19H12FNO4/c20-18-14(5-7-21-18)12-2-4-16(15(9-12)19(22)23)25-13-3-1-11-6-8-24-17(11)10-13/h1-6,8-10H,7H2,(H,22,23). The van der Waals surface area contributed by atoms with Gasteiger partial charge < -0.3 is 14.3 Å². The molecule has 2 aromatic carbocycles. The minimum atomic E-state index is -1.16. The Balaban J connectivity index is 1.71. The summed E-state index contributed by atoms with van der Waals surface area (Å²) in [7, 11) is 0. The van der Waals surface area contributed by atoms with E-state index in [1.54, 1.807) is 30.5 Å². The largest absolute Gasteiger partial charge is 0.478 e. The summed E-state index contributed by atoms with van der Waals surface area (Å²) in [4.78, 5) is 15.2. The van der Waals surface area contributed by atoms with Gasteiger partial charge in [0.15, 0.2) is 0 Å². The van der Waals surface area contributed by atoms with Gasteiger partial charge in [-0.2, -0.15) is 4.39 Å². The van der Waals surface area contributed by atoms with Gasteiger partial charge in [-0.25, -0.2) is 4.79 Å². The van der Waals surface area contributed by atoms with Crippen molar-refractivity contribution in [3.05, 3.63) is 65.9 Å². The molecule has 0 amide bonds. The molecule has 1 aliphatic heterocycles. The molecule has 4 rings (SSSR count). The number of ether oxygens (including phenoxy) is 1. The number of carbonyl (C=O) groups is 1. The van der Waals surface area contributed by atoms with E-state index in [0.717, 1.165) is 5.39 Å². The number of halogens is 1. The summed E-state index contributed by atoms with van der Waals surface area (Å²) in [6.07, 6.45) is 3.18. The van der Waals surface area contributed by atoms with Crippen molar-refractivity contribution in [3.8, 4) is 11.5 Å². The Morgan fingerprint density at radius 1 is 1.20 bits per heavy atom. The lowest BCUT2D eigenvalue weighted by Gasteiger charge is -2.11. The number of hydrogen-bond acceptors (Lipinski definition) is 4. The van der Waals surface area contributed by atoms with Crippen LogP contribution in [0.5, 0.6) is 11.5 Å². The summed E-state index contributed by atoms with van der Waals surface area (Å²) < 4.78 is 24.7. The third kappa shape index (κ3) is 2.78. The predicted octanol–water partition coefficient (Wildman–Crippen LogP) is 4.69. The predicted molar refractivity (Wildman–Crippen MR) is 91.1 cm³/mol. The highest BCUT2D eigenvalue weighted by Gasteiger charge is 2.19. The number of hydrogen-bond donors (Lipinski definition) is 1. The summed E-state index contributed by atoms with van der Waals surface area (Å²) in [6.45, 7) is 0.255. The van der Waals surface area contributed by atoms with Crippen molar-refractivity contribution in [2.75, 3.05) is 6.54 Å². The minimum Gasteiger partial charge on any atom is -0.478 e. The van der Waals surface area contributed by atoms with Gasteiger partial charge in [-0.3, -0.25) is 4.99 Å². The fraction of sp³-hybridized carbons (Fsp3) is 0.0526. The van der Waals surface area contributed by atoms with E-state index in [1.807, 2.05) is 12.1 Å². The monoisotopic (exact) mass is 337 g/mol. The van der Waals surface area contributed by atoms with Gasteiger partial charge in [0.25, 0.3) is 0 Å². The van der Waals surface area contributed by atoms with Gasteiger partial charge in [0, 0.05) is 17.0 Å². The van der Waals surface area contributed by atoms with Crippen LogP contribution in [-0.2, 0) is 0 Å². The van der Waals surface area contributed by atoms with Crippen LogP contribution in [0.15, 0.2) is 64.2 Å². The Hall–Kier alpha value is -3.41. The number of carboxylic acid groups (broad SMARTS) is 1. The third-order valence-electron chi connectivity index (χ3n) is 3.92. The second-order valence-corrected chi connectivity index (χ2v) is 5.49. The molecule has 0 spiro atoms. The Morgan fingerprint density at radius 2 is 2.08 bits per heavy atom. The van der Waals surface area contributed by atoms with Gasteiger partial charge in [0.1, 0.15) is 22.6 Å². The normalized spacial score (nSPS) is 13.6. The maximum Gasteiger partial charge on any atom is 0.339 e. The quantitative estimate of drug-likeness (QED) is 0.750. The van der Waals surface area contributed by atoms with Gasteiger partial charge in [-0.15, -0.1) is 0 Å². The maximum atomic E-state index is 13.7. The first kappa shape index (κ1) is 15.1. The molecule has 0 fully saturated rings. The highest BCUT2D eigenvalue weighted by atomic mass is 19.1. The zero-order valence-electron chi connectivity index (χ0n) is 12.9. The molecular formula is C19H12FNO4. The van der Waals surface area contributed by atoms with Crippen molar-refractivity contribution >= 4 is 28.5 Å². The van der Waals surface area contributed by atoms with Crippen LogP contribution in [0.2, 0.25) is 0 Å². The zero-order chi connectivity index (χ0) is 17.4. The second-order valence-electron chi connectivity index (χ2n) is 5.49. The van der Waals surface area contributed by atoms with Gasteiger partial charge in [0.2, 0.25) is 5.97 Å². The number of aliphatic imine (C=N–C) groups is 1. The summed E-state index contributed by atoms with van der Waals surface area (Å²) >= 11 is 0. The van der Waals surface area contributed by atoms with Gasteiger partial charge in [-0.1, -0.05) is 12.1 Å². The van der Waals surface area contributed by atoms with Gasteiger partial charge in [-0.05, 0) is 35.9 Å². The van der Waals surface area contributed by atoms with Crippen LogP contribution in [0.1, 0.15) is 15.9 Å². The van der Waals surface area contributed by atoms with E-state index in [9.17, 15) is 14.3 Å². The van der Waals surface area contributed by atoms with Crippen LogP contribution in [0, 0.1) is 0 Å². The molecule has 1 aromatic heterocycles. The van der Waals surface area contributed by atoms with Crippen LogP contribution in [0.3, 0.4) is 0 Å². The molecule has 5 nitrogen and oxygen atoms in total. The van der Waals surface area contributed by atoms with Crippen LogP contribution in [-0.4, -0.2) is 23.6 Å².